The molecule has 2 aromatic heterocycles. The lowest BCUT2D eigenvalue weighted by Crippen LogP contribution is -2.03. The lowest BCUT2D eigenvalue weighted by molar-refractivity contribution is 0.412. The number of hydrogen-bond donors (Lipinski definition) is 3. The molecule has 0 aliphatic rings. The topological polar surface area (TPSA) is 105 Å². The molecule has 0 unspecified atom stereocenters. The summed E-state index contributed by atoms with van der Waals surface area (Å²) in [5, 5.41) is 6.19. The number of H-pyrrole nitrogens is 1. The van der Waals surface area contributed by atoms with Gasteiger partial charge in [0.15, 0.2) is 11.4 Å². The van der Waals surface area contributed by atoms with Crippen molar-refractivity contribution in [2.24, 2.45) is 0 Å². The number of hydrogen-bond acceptors (Lipinski definition) is 7. The third-order valence-electron chi connectivity index (χ3n) is 4.36. The molecule has 4 aromatic rings. The summed E-state index contributed by atoms with van der Waals surface area (Å²) < 4.78 is 24.2. The fraction of sp³-hybridized carbons (Fsp3) is 0.150. The van der Waals surface area contributed by atoms with Gasteiger partial charge in [-0.2, -0.15) is 4.98 Å². The Labute approximate surface area is 164 Å². The molecule has 0 saturated carbocycles. The zero-order chi connectivity index (χ0) is 20.5. The molecule has 2 heterocycles. The van der Waals surface area contributed by atoms with Gasteiger partial charge in [0, 0.05) is 29.2 Å². The number of benzene rings is 2. The van der Waals surface area contributed by atoms with Crippen LogP contribution in [0.3, 0.4) is 0 Å². The highest BCUT2D eigenvalue weighted by Gasteiger charge is 2.12. The number of fused-ring (bicyclic) bond motifs is 1. The van der Waals surface area contributed by atoms with Crippen molar-refractivity contribution in [1.29, 1.82) is 0 Å². The Morgan fingerprint density at radius 1 is 1.10 bits per heavy atom. The minimum atomic E-state index is -0.712. The Balaban J connectivity index is 1.62. The number of aryl methyl sites for hydroxylation is 2. The van der Waals surface area contributed by atoms with E-state index in [-0.39, 0.29) is 11.1 Å². The lowest BCUT2D eigenvalue weighted by atomic mass is 10.2. The first kappa shape index (κ1) is 18.5. The maximum absolute atomic E-state index is 14.2. The van der Waals surface area contributed by atoms with Crippen LogP contribution in [0.25, 0.3) is 11.1 Å². The number of halogens is 1. The minimum absolute atomic E-state index is 0.114. The van der Waals surface area contributed by atoms with Crippen LogP contribution in [0.15, 0.2) is 45.7 Å². The van der Waals surface area contributed by atoms with Gasteiger partial charge in [0.2, 0.25) is 5.95 Å². The van der Waals surface area contributed by atoms with Crippen LogP contribution < -0.4 is 21.1 Å². The van der Waals surface area contributed by atoms with Gasteiger partial charge in [-0.3, -0.25) is 4.98 Å². The summed E-state index contributed by atoms with van der Waals surface area (Å²) in [6.45, 7) is 3.77. The first-order valence-corrected chi connectivity index (χ1v) is 8.77. The van der Waals surface area contributed by atoms with Gasteiger partial charge < -0.3 is 19.8 Å². The second-order valence-corrected chi connectivity index (χ2v) is 6.51. The Hall–Kier alpha value is -3.88. The molecule has 0 saturated heterocycles. The van der Waals surface area contributed by atoms with Gasteiger partial charge in [-0.25, -0.2) is 14.2 Å². The zero-order valence-electron chi connectivity index (χ0n) is 16.0. The standard InChI is InChI=1S/C20H18FN5O3/c1-10-6-12(4-5-16(10)28-3)24-19-22-9-11(2)18(26-19)23-13-7-14(21)17-15(8-13)25-20(27)29-17/h4-9H,1-3H3,(H,25,27)(H2,22,23,24,26). The highest BCUT2D eigenvalue weighted by molar-refractivity contribution is 5.79. The van der Waals surface area contributed by atoms with Gasteiger partial charge in [-0.1, -0.05) is 0 Å². The van der Waals surface area contributed by atoms with Gasteiger partial charge >= 0.3 is 5.76 Å². The predicted octanol–water partition coefficient (Wildman–Crippen LogP) is 4.16. The largest absolute Gasteiger partial charge is 0.496 e. The molecule has 0 fully saturated rings. The van der Waals surface area contributed by atoms with Crippen LogP contribution in [-0.2, 0) is 0 Å². The van der Waals surface area contributed by atoms with E-state index < -0.39 is 11.6 Å². The molecule has 9 heteroatoms. The predicted molar refractivity (Wildman–Crippen MR) is 108 cm³/mol. The van der Waals surface area contributed by atoms with Crippen LogP contribution in [0.2, 0.25) is 0 Å². The van der Waals surface area contributed by atoms with Crippen molar-refractivity contribution in [3.8, 4) is 5.75 Å². The summed E-state index contributed by atoms with van der Waals surface area (Å²) in [5.41, 5.74) is 3.11. The fourth-order valence-electron chi connectivity index (χ4n) is 2.94. The van der Waals surface area contributed by atoms with Crippen molar-refractivity contribution in [3.05, 3.63) is 64.0 Å². The molecule has 0 spiro atoms. The Morgan fingerprint density at radius 3 is 2.69 bits per heavy atom. The van der Waals surface area contributed by atoms with Crippen LogP contribution in [0.5, 0.6) is 5.75 Å². The number of aromatic nitrogens is 3. The summed E-state index contributed by atoms with van der Waals surface area (Å²) in [7, 11) is 1.62. The molecule has 0 atom stereocenters. The number of ether oxygens (including phenoxy) is 1. The molecule has 0 aliphatic carbocycles. The lowest BCUT2D eigenvalue weighted by Gasteiger charge is -2.12. The first-order valence-electron chi connectivity index (χ1n) is 8.77. The number of anilines is 4. The number of rotatable bonds is 5. The fourth-order valence-corrected chi connectivity index (χ4v) is 2.94. The van der Waals surface area contributed by atoms with Crippen LogP contribution in [-0.4, -0.2) is 22.1 Å². The molecular formula is C20H18FN5O3. The van der Waals surface area contributed by atoms with E-state index in [1.165, 1.54) is 6.07 Å². The molecule has 29 heavy (non-hydrogen) atoms. The summed E-state index contributed by atoms with van der Waals surface area (Å²) in [4.78, 5) is 22.5. The van der Waals surface area contributed by atoms with Crippen molar-refractivity contribution in [3.63, 3.8) is 0 Å². The van der Waals surface area contributed by atoms with Gasteiger partial charge in [-0.05, 0) is 43.7 Å². The SMILES string of the molecule is COc1ccc(Nc2ncc(C)c(Nc3cc(F)c4oc(=O)[nH]c4c3)n2)cc1C. The van der Waals surface area contributed by atoms with E-state index in [9.17, 15) is 9.18 Å². The molecule has 4 rings (SSSR count). The van der Waals surface area contributed by atoms with E-state index >= 15 is 0 Å². The number of oxazole rings is 1. The van der Waals surface area contributed by atoms with Crippen molar-refractivity contribution in [1.82, 2.24) is 15.0 Å². The normalized spacial score (nSPS) is 10.9. The van der Waals surface area contributed by atoms with E-state index in [2.05, 4.69) is 25.6 Å². The summed E-state index contributed by atoms with van der Waals surface area (Å²) in [5.74, 6) is 0.299. The summed E-state index contributed by atoms with van der Waals surface area (Å²) in [6.07, 6.45) is 1.66. The van der Waals surface area contributed by atoms with Crippen molar-refractivity contribution >= 4 is 34.2 Å². The molecule has 0 radical (unpaired) electrons. The monoisotopic (exact) mass is 395 g/mol. The van der Waals surface area contributed by atoms with Gasteiger partial charge in [-0.15, -0.1) is 0 Å². The summed E-state index contributed by atoms with van der Waals surface area (Å²) >= 11 is 0. The molecule has 3 N–H and O–H groups in total. The average Bonchev–Trinajstić information content (AvgIpc) is 3.05. The average molecular weight is 395 g/mol. The third-order valence-corrected chi connectivity index (χ3v) is 4.36. The van der Waals surface area contributed by atoms with Crippen molar-refractivity contribution < 1.29 is 13.5 Å². The highest BCUT2D eigenvalue weighted by Crippen LogP contribution is 2.26. The zero-order valence-corrected chi connectivity index (χ0v) is 16.0. The quantitative estimate of drug-likeness (QED) is 0.466. The number of nitrogens with one attached hydrogen (secondary N) is 3. The van der Waals surface area contributed by atoms with Crippen LogP contribution in [0.4, 0.5) is 27.5 Å². The van der Waals surface area contributed by atoms with Gasteiger partial charge in [0.05, 0.1) is 12.6 Å². The van der Waals surface area contributed by atoms with Crippen LogP contribution >= 0.6 is 0 Å². The van der Waals surface area contributed by atoms with E-state index in [0.717, 1.165) is 22.6 Å². The smallest absolute Gasteiger partial charge is 0.417 e. The van der Waals surface area contributed by atoms with Crippen molar-refractivity contribution in [2.75, 3.05) is 17.7 Å². The van der Waals surface area contributed by atoms with E-state index in [4.69, 9.17) is 9.15 Å². The van der Waals surface area contributed by atoms with Crippen molar-refractivity contribution in [2.45, 2.75) is 13.8 Å². The number of nitrogens with zero attached hydrogens (tertiary/aromatic N) is 2. The summed E-state index contributed by atoms with van der Waals surface area (Å²) in [6, 6.07) is 8.45. The molecular weight excluding hydrogens is 377 g/mol. The Bertz CT molecular complexity index is 1260. The Morgan fingerprint density at radius 2 is 1.93 bits per heavy atom. The molecule has 0 aliphatic heterocycles. The molecule has 0 amide bonds. The molecule has 2 aromatic carbocycles. The minimum Gasteiger partial charge on any atom is -0.496 e. The van der Waals surface area contributed by atoms with E-state index in [1.807, 2.05) is 32.0 Å². The van der Waals surface area contributed by atoms with Gasteiger partial charge in [0.1, 0.15) is 11.6 Å². The van der Waals surface area contributed by atoms with E-state index in [1.54, 1.807) is 19.4 Å². The Kier molecular flexibility index (Phi) is 4.63. The third kappa shape index (κ3) is 3.75. The maximum atomic E-state index is 14.2. The van der Waals surface area contributed by atoms with Gasteiger partial charge in [0.25, 0.3) is 0 Å². The highest BCUT2D eigenvalue weighted by atomic mass is 19.1. The second kappa shape index (κ2) is 7.27. The molecule has 8 nitrogen and oxygen atoms in total. The molecule has 148 valence electrons. The number of methoxy groups -OCH3 is 1. The molecule has 0 bridgehead atoms. The van der Waals surface area contributed by atoms with Crippen LogP contribution in [0, 0.1) is 19.7 Å². The maximum Gasteiger partial charge on any atom is 0.417 e. The first-order chi connectivity index (χ1) is 13.9. The van der Waals surface area contributed by atoms with Crippen LogP contribution in [0.1, 0.15) is 11.1 Å². The number of aromatic amines is 1. The van der Waals surface area contributed by atoms with E-state index in [0.29, 0.717) is 17.5 Å². The second-order valence-electron chi connectivity index (χ2n) is 6.51.